The average molecular weight is 271 g/mol. The van der Waals surface area contributed by atoms with E-state index < -0.39 is 0 Å². The topological polar surface area (TPSA) is 63.2 Å². The fraction of sp³-hybridized carbons (Fsp3) is 0.200. The predicted octanol–water partition coefficient (Wildman–Crippen LogP) is 2.77. The first-order valence-corrected chi connectivity index (χ1v) is 6.39. The first-order valence-electron chi connectivity index (χ1n) is 6.39. The zero-order valence-corrected chi connectivity index (χ0v) is 11.5. The molecule has 0 radical (unpaired) electrons. The number of amides is 1. The molecule has 0 aliphatic rings. The summed E-state index contributed by atoms with van der Waals surface area (Å²) in [5.74, 6) is 0.350. The van der Waals surface area contributed by atoms with Gasteiger partial charge in [0.05, 0.1) is 24.7 Å². The summed E-state index contributed by atoms with van der Waals surface area (Å²) in [6, 6.07) is 10.8. The van der Waals surface area contributed by atoms with Crippen LogP contribution in [0.4, 0.5) is 11.4 Å². The van der Waals surface area contributed by atoms with Gasteiger partial charge in [-0.05, 0) is 31.2 Å². The van der Waals surface area contributed by atoms with Crippen LogP contribution in [0.2, 0.25) is 0 Å². The third-order valence-electron chi connectivity index (χ3n) is 2.73. The Kier molecular flexibility index (Phi) is 4.55. The Morgan fingerprint density at radius 2 is 2.05 bits per heavy atom. The fourth-order valence-electron chi connectivity index (χ4n) is 1.77. The minimum atomic E-state index is -0.266. The molecule has 0 aliphatic heterocycles. The van der Waals surface area contributed by atoms with Gasteiger partial charge >= 0.3 is 0 Å². The van der Waals surface area contributed by atoms with E-state index in [1.54, 1.807) is 31.5 Å². The number of nitrogens with zero attached hydrogens (tertiary/aromatic N) is 1. The summed E-state index contributed by atoms with van der Waals surface area (Å²) in [5, 5.41) is 5.91. The van der Waals surface area contributed by atoms with Crippen LogP contribution in [0.15, 0.2) is 42.6 Å². The van der Waals surface area contributed by atoms with Crippen LogP contribution in [0.25, 0.3) is 0 Å². The molecule has 0 saturated carbocycles. The van der Waals surface area contributed by atoms with Crippen molar-refractivity contribution in [1.29, 1.82) is 0 Å². The molecule has 5 nitrogen and oxygen atoms in total. The highest BCUT2D eigenvalue weighted by Gasteiger charge is 2.10. The highest BCUT2D eigenvalue weighted by molar-refractivity contribution is 6.03. The lowest BCUT2D eigenvalue weighted by molar-refractivity contribution is 0.102. The largest absolute Gasteiger partial charge is 0.495 e. The molecule has 0 unspecified atom stereocenters. The van der Waals surface area contributed by atoms with Crippen LogP contribution in [0, 0.1) is 0 Å². The van der Waals surface area contributed by atoms with E-state index in [1.807, 2.05) is 25.1 Å². The van der Waals surface area contributed by atoms with Gasteiger partial charge in [0.2, 0.25) is 0 Å². The Hall–Kier alpha value is -2.56. The van der Waals surface area contributed by atoms with Crippen LogP contribution in [0.5, 0.6) is 5.75 Å². The lowest BCUT2D eigenvalue weighted by Gasteiger charge is -2.09. The summed E-state index contributed by atoms with van der Waals surface area (Å²) in [7, 11) is 1.56. The Morgan fingerprint density at radius 3 is 2.70 bits per heavy atom. The van der Waals surface area contributed by atoms with Crippen molar-refractivity contribution in [1.82, 2.24) is 4.98 Å². The van der Waals surface area contributed by atoms with Gasteiger partial charge in [-0.2, -0.15) is 0 Å². The summed E-state index contributed by atoms with van der Waals surface area (Å²) in [5.41, 5.74) is 1.87. The monoisotopic (exact) mass is 271 g/mol. The number of carbonyl (C=O) groups is 1. The normalized spacial score (nSPS) is 9.90. The lowest BCUT2D eigenvalue weighted by atomic mass is 10.2. The molecule has 20 heavy (non-hydrogen) atoms. The number of aromatic nitrogens is 1. The molecule has 0 saturated heterocycles. The summed E-state index contributed by atoms with van der Waals surface area (Å²) < 4.78 is 5.19. The molecule has 5 heteroatoms. The SMILES string of the molecule is CCNc1ccc(C(=O)Nc2ccccc2OC)nc1. The molecule has 0 fully saturated rings. The van der Waals surface area contributed by atoms with Crippen LogP contribution in [0.1, 0.15) is 17.4 Å². The number of hydrogen-bond acceptors (Lipinski definition) is 4. The standard InChI is InChI=1S/C15H17N3O2/c1-3-16-11-8-9-13(17-10-11)15(19)18-12-6-4-5-7-14(12)20-2/h4-10,16H,3H2,1-2H3,(H,18,19). The van der Waals surface area contributed by atoms with Gasteiger partial charge in [0.25, 0.3) is 5.91 Å². The molecule has 0 aliphatic carbocycles. The number of carbonyl (C=O) groups excluding carboxylic acids is 1. The summed E-state index contributed by atoms with van der Waals surface area (Å²) in [6.07, 6.45) is 1.64. The van der Waals surface area contributed by atoms with E-state index >= 15 is 0 Å². The smallest absolute Gasteiger partial charge is 0.274 e. The van der Waals surface area contributed by atoms with Gasteiger partial charge < -0.3 is 15.4 Å². The maximum absolute atomic E-state index is 12.1. The van der Waals surface area contributed by atoms with Crippen molar-refractivity contribution in [2.75, 3.05) is 24.3 Å². The van der Waals surface area contributed by atoms with Crippen molar-refractivity contribution < 1.29 is 9.53 Å². The molecule has 104 valence electrons. The molecule has 1 aromatic carbocycles. The number of anilines is 2. The van der Waals surface area contributed by atoms with Crippen LogP contribution in [-0.2, 0) is 0 Å². The molecular weight excluding hydrogens is 254 g/mol. The molecule has 1 amide bonds. The van der Waals surface area contributed by atoms with E-state index in [1.165, 1.54) is 0 Å². The first kappa shape index (κ1) is 13.9. The summed E-state index contributed by atoms with van der Waals surface area (Å²) >= 11 is 0. The number of para-hydroxylation sites is 2. The fourth-order valence-corrected chi connectivity index (χ4v) is 1.77. The zero-order chi connectivity index (χ0) is 14.4. The molecule has 2 N–H and O–H groups in total. The number of nitrogens with one attached hydrogen (secondary N) is 2. The molecule has 0 bridgehead atoms. The predicted molar refractivity (Wildman–Crippen MR) is 79.3 cm³/mol. The zero-order valence-electron chi connectivity index (χ0n) is 11.5. The number of rotatable bonds is 5. The maximum Gasteiger partial charge on any atom is 0.274 e. The van der Waals surface area contributed by atoms with E-state index in [0.717, 1.165) is 12.2 Å². The first-order chi connectivity index (χ1) is 9.74. The molecule has 2 rings (SSSR count). The van der Waals surface area contributed by atoms with Crippen LogP contribution in [-0.4, -0.2) is 24.5 Å². The molecule has 0 atom stereocenters. The Balaban J connectivity index is 2.11. The van der Waals surface area contributed by atoms with Crippen molar-refractivity contribution in [3.63, 3.8) is 0 Å². The number of methoxy groups -OCH3 is 1. The maximum atomic E-state index is 12.1. The van der Waals surface area contributed by atoms with E-state index in [4.69, 9.17) is 4.74 Å². The minimum absolute atomic E-state index is 0.266. The Bertz CT molecular complexity index is 582. The second-order valence-corrected chi connectivity index (χ2v) is 4.12. The highest BCUT2D eigenvalue weighted by atomic mass is 16.5. The Morgan fingerprint density at radius 1 is 1.25 bits per heavy atom. The number of hydrogen-bond donors (Lipinski definition) is 2. The van der Waals surface area contributed by atoms with Crippen LogP contribution in [0.3, 0.4) is 0 Å². The van der Waals surface area contributed by atoms with Crippen LogP contribution < -0.4 is 15.4 Å². The van der Waals surface area contributed by atoms with Crippen LogP contribution >= 0.6 is 0 Å². The molecule has 1 aromatic heterocycles. The average Bonchev–Trinajstić information content (AvgIpc) is 2.49. The minimum Gasteiger partial charge on any atom is -0.495 e. The molecule has 1 heterocycles. The van der Waals surface area contributed by atoms with E-state index in [2.05, 4.69) is 15.6 Å². The van der Waals surface area contributed by atoms with Crippen molar-refractivity contribution in [2.45, 2.75) is 6.92 Å². The quantitative estimate of drug-likeness (QED) is 0.877. The van der Waals surface area contributed by atoms with Gasteiger partial charge in [-0.25, -0.2) is 4.98 Å². The molecule has 0 spiro atoms. The van der Waals surface area contributed by atoms with Gasteiger partial charge in [-0.1, -0.05) is 12.1 Å². The van der Waals surface area contributed by atoms with E-state index in [0.29, 0.717) is 17.1 Å². The summed E-state index contributed by atoms with van der Waals surface area (Å²) in [6.45, 7) is 2.82. The summed E-state index contributed by atoms with van der Waals surface area (Å²) in [4.78, 5) is 16.2. The second-order valence-electron chi connectivity index (χ2n) is 4.12. The lowest BCUT2D eigenvalue weighted by Crippen LogP contribution is -2.14. The van der Waals surface area contributed by atoms with E-state index in [-0.39, 0.29) is 5.91 Å². The Labute approximate surface area is 118 Å². The number of pyridine rings is 1. The van der Waals surface area contributed by atoms with Gasteiger partial charge in [-0.15, -0.1) is 0 Å². The third kappa shape index (κ3) is 3.26. The van der Waals surface area contributed by atoms with Crippen molar-refractivity contribution in [3.8, 4) is 5.75 Å². The molecular formula is C15H17N3O2. The highest BCUT2D eigenvalue weighted by Crippen LogP contribution is 2.23. The number of benzene rings is 1. The van der Waals surface area contributed by atoms with Crippen molar-refractivity contribution in [2.24, 2.45) is 0 Å². The number of ether oxygens (including phenoxy) is 1. The van der Waals surface area contributed by atoms with Crippen molar-refractivity contribution >= 4 is 17.3 Å². The van der Waals surface area contributed by atoms with Gasteiger partial charge in [0, 0.05) is 6.54 Å². The third-order valence-corrected chi connectivity index (χ3v) is 2.73. The van der Waals surface area contributed by atoms with Crippen molar-refractivity contribution in [3.05, 3.63) is 48.3 Å². The van der Waals surface area contributed by atoms with Gasteiger partial charge in [0.15, 0.2) is 0 Å². The van der Waals surface area contributed by atoms with E-state index in [9.17, 15) is 4.79 Å². The van der Waals surface area contributed by atoms with Gasteiger partial charge in [-0.3, -0.25) is 4.79 Å². The second kappa shape index (κ2) is 6.56. The van der Waals surface area contributed by atoms with Gasteiger partial charge in [0.1, 0.15) is 11.4 Å². The molecule has 2 aromatic rings.